The monoisotopic (exact) mass is 402 g/mol. The Morgan fingerprint density at radius 1 is 0.483 bits per heavy atom. The average molecular weight is 403 g/mol. The van der Waals surface area contributed by atoms with Crippen molar-refractivity contribution in [3.05, 3.63) is 29.6 Å². The van der Waals surface area contributed by atoms with Crippen molar-refractivity contribution in [1.82, 2.24) is 0 Å². The van der Waals surface area contributed by atoms with Crippen LogP contribution in [0.5, 0.6) is 0 Å². The number of hydrogen-bond donors (Lipinski definition) is 0. The standard InChI is InChI=1S/C28H52N/c1-4-7-10-13-14-17-20-23-29-25-27(21-18-15-11-8-5-2)24-28(26-29)22-19-16-12-9-6-3/h24-26H,4-23H2,1-3H3/q+1. The molecule has 0 radical (unpaired) electrons. The highest BCUT2D eigenvalue weighted by Gasteiger charge is 2.08. The molecule has 0 atom stereocenters. The summed E-state index contributed by atoms with van der Waals surface area (Å²) in [4.78, 5) is 0. The summed E-state index contributed by atoms with van der Waals surface area (Å²) < 4.78 is 2.52. The summed E-state index contributed by atoms with van der Waals surface area (Å²) in [6.45, 7) is 8.11. The maximum absolute atomic E-state index is 2.52. The molecule has 168 valence electrons. The van der Waals surface area contributed by atoms with Crippen molar-refractivity contribution < 1.29 is 4.57 Å². The van der Waals surface area contributed by atoms with Gasteiger partial charge in [0, 0.05) is 17.5 Å². The van der Waals surface area contributed by atoms with Crippen LogP contribution in [0.4, 0.5) is 0 Å². The van der Waals surface area contributed by atoms with Crippen LogP contribution < -0.4 is 4.57 Å². The number of aromatic nitrogens is 1. The molecule has 0 N–H and O–H groups in total. The van der Waals surface area contributed by atoms with Gasteiger partial charge in [-0.1, -0.05) is 104 Å². The van der Waals surface area contributed by atoms with Crippen LogP contribution in [-0.4, -0.2) is 0 Å². The zero-order chi connectivity index (χ0) is 21.0. The van der Waals surface area contributed by atoms with Crippen LogP contribution >= 0.6 is 0 Å². The van der Waals surface area contributed by atoms with Crippen molar-refractivity contribution in [1.29, 1.82) is 0 Å². The second kappa shape index (κ2) is 19.1. The first-order valence-corrected chi connectivity index (χ1v) is 13.3. The molecule has 0 amide bonds. The van der Waals surface area contributed by atoms with Crippen molar-refractivity contribution in [2.24, 2.45) is 0 Å². The third-order valence-electron chi connectivity index (χ3n) is 6.19. The van der Waals surface area contributed by atoms with E-state index in [-0.39, 0.29) is 0 Å². The van der Waals surface area contributed by atoms with E-state index in [2.05, 4.69) is 43.8 Å². The highest BCUT2D eigenvalue weighted by atomic mass is 14.9. The lowest BCUT2D eigenvalue weighted by molar-refractivity contribution is -0.698. The maximum Gasteiger partial charge on any atom is 0.171 e. The maximum atomic E-state index is 2.52. The van der Waals surface area contributed by atoms with Gasteiger partial charge >= 0.3 is 0 Å². The van der Waals surface area contributed by atoms with Crippen LogP contribution in [0.3, 0.4) is 0 Å². The molecule has 0 aliphatic rings. The molecule has 0 aliphatic carbocycles. The first-order valence-electron chi connectivity index (χ1n) is 13.3. The molecule has 1 nitrogen and oxygen atoms in total. The summed E-state index contributed by atoms with van der Waals surface area (Å²) in [6.07, 6.45) is 31.0. The number of rotatable bonds is 20. The van der Waals surface area contributed by atoms with Gasteiger partial charge in [-0.15, -0.1) is 0 Å². The van der Waals surface area contributed by atoms with Crippen LogP contribution in [0.2, 0.25) is 0 Å². The van der Waals surface area contributed by atoms with Crippen molar-refractivity contribution >= 4 is 0 Å². The van der Waals surface area contributed by atoms with Gasteiger partial charge in [-0.2, -0.15) is 0 Å². The molecular weight excluding hydrogens is 350 g/mol. The van der Waals surface area contributed by atoms with E-state index in [4.69, 9.17) is 0 Å². The summed E-state index contributed by atoms with van der Waals surface area (Å²) in [7, 11) is 0. The van der Waals surface area contributed by atoms with E-state index in [9.17, 15) is 0 Å². The lowest BCUT2D eigenvalue weighted by Gasteiger charge is -2.07. The van der Waals surface area contributed by atoms with E-state index in [0.29, 0.717) is 0 Å². The molecule has 0 aromatic carbocycles. The Kier molecular flexibility index (Phi) is 17.3. The zero-order valence-electron chi connectivity index (χ0n) is 20.3. The average Bonchev–Trinajstić information content (AvgIpc) is 2.73. The Bertz CT molecular complexity index is 447. The second-order valence-corrected chi connectivity index (χ2v) is 9.24. The van der Waals surface area contributed by atoms with Crippen molar-refractivity contribution in [2.45, 2.75) is 149 Å². The fourth-order valence-electron chi connectivity index (χ4n) is 4.30. The topological polar surface area (TPSA) is 3.88 Å². The lowest BCUT2D eigenvalue weighted by Crippen LogP contribution is -2.34. The van der Waals surface area contributed by atoms with Gasteiger partial charge in [0.2, 0.25) is 0 Å². The van der Waals surface area contributed by atoms with Crippen LogP contribution in [0.1, 0.15) is 141 Å². The first-order chi connectivity index (χ1) is 14.3. The highest BCUT2D eigenvalue weighted by molar-refractivity contribution is 5.15. The summed E-state index contributed by atoms with van der Waals surface area (Å²) in [5, 5.41) is 0. The molecule has 0 saturated carbocycles. The van der Waals surface area contributed by atoms with Gasteiger partial charge in [-0.3, -0.25) is 0 Å². The molecule has 1 aromatic heterocycles. The number of aryl methyl sites for hydroxylation is 3. The number of nitrogens with zero attached hydrogens (tertiary/aromatic N) is 1. The van der Waals surface area contributed by atoms with E-state index in [1.54, 1.807) is 11.1 Å². The third-order valence-corrected chi connectivity index (χ3v) is 6.19. The minimum atomic E-state index is 1.21. The smallest absolute Gasteiger partial charge is 0.171 e. The molecule has 0 fully saturated rings. The van der Waals surface area contributed by atoms with Gasteiger partial charge in [0.25, 0.3) is 0 Å². The van der Waals surface area contributed by atoms with Crippen LogP contribution in [0, 0.1) is 0 Å². The highest BCUT2D eigenvalue weighted by Crippen LogP contribution is 2.13. The fraction of sp³-hybridized carbons (Fsp3) is 0.821. The molecule has 0 spiro atoms. The Hall–Kier alpha value is -0.850. The summed E-state index contributed by atoms with van der Waals surface area (Å²) in [5.74, 6) is 0. The van der Waals surface area contributed by atoms with Crippen molar-refractivity contribution in [3.8, 4) is 0 Å². The Morgan fingerprint density at radius 3 is 1.31 bits per heavy atom. The predicted molar refractivity (Wildman–Crippen MR) is 130 cm³/mol. The molecule has 1 rings (SSSR count). The third kappa shape index (κ3) is 14.7. The van der Waals surface area contributed by atoms with Crippen molar-refractivity contribution in [2.75, 3.05) is 0 Å². The molecule has 1 heteroatoms. The molecule has 1 aromatic rings. The molecule has 29 heavy (non-hydrogen) atoms. The van der Waals surface area contributed by atoms with Gasteiger partial charge in [0.1, 0.15) is 6.54 Å². The van der Waals surface area contributed by atoms with E-state index < -0.39 is 0 Å². The predicted octanol–water partition coefficient (Wildman–Crippen LogP) is 8.75. The van der Waals surface area contributed by atoms with Gasteiger partial charge in [0.05, 0.1) is 0 Å². The van der Waals surface area contributed by atoms with Gasteiger partial charge in [0.15, 0.2) is 12.4 Å². The number of pyridine rings is 1. The van der Waals surface area contributed by atoms with Gasteiger partial charge < -0.3 is 0 Å². The van der Waals surface area contributed by atoms with E-state index in [1.165, 1.54) is 129 Å². The Labute approximate surface area is 183 Å². The Morgan fingerprint density at radius 2 is 0.862 bits per heavy atom. The van der Waals surface area contributed by atoms with Crippen LogP contribution in [0.15, 0.2) is 18.5 Å². The quantitative estimate of drug-likeness (QED) is 0.151. The zero-order valence-corrected chi connectivity index (χ0v) is 20.3. The molecule has 0 unspecified atom stereocenters. The number of hydrogen-bond acceptors (Lipinski definition) is 0. The van der Waals surface area contributed by atoms with Crippen LogP contribution in [0.25, 0.3) is 0 Å². The Balaban J connectivity index is 2.47. The molecule has 0 aliphatic heterocycles. The van der Waals surface area contributed by atoms with Gasteiger partial charge in [-0.05, 0) is 38.2 Å². The molecule has 0 saturated heterocycles. The van der Waals surface area contributed by atoms with E-state index in [1.807, 2.05) is 0 Å². The largest absolute Gasteiger partial charge is 0.205 e. The lowest BCUT2D eigenvalue weighted by atomic mass is 10.0. The SMILES string of the molecule is CCCCCCCCC[n+]1cc(CCCCCCC)cc(CCCCCCC)c1. The molecular formula is C28H52N+. The fourth-order valence-corrected chi connectivity index (χ4v) is 4.30. The summed E-state index contributed by atoms with van der Waals surface area (Å²) in [5.41, 5.74) is 3.16. The van der Waals surface area contributed by atoms with Gasteiger partial charge in [-0.25, -0.2) is 4.57 Å². The molecule has 1 heterocycles. The minimum absolute atomic E-state index is 1.21. The van der Waals surface area contributed by atoms with E-state index in [0.717, 1.165) is 0 Å². The van der Waals surface area contributed by atoms with Crippen LogP contribution in [-0.2, 0) is 19.4 Å². The normalized spacial score (nSPS) is 11.3. The summed E-state index contributed by atoms with van der Waals surface area (Å²) in [6, 6.07) is 2.51. The summed E-state index contributed by atoms with van der Waals surface area (Å²) >= 11 is 0. The van der Waals surface area contributed by atoms with E-state index >= 15 is 0 Å². The minimum Gasteiger partial charge on any atom is -0.205 e. The second-order valence-electron chi connectivity index (χ2n) is 9.24. The molecule has 0 bridgehead atoms. The number of unbranched alkanes of at least 4 members (excludes halogenated alkanes) is 14. The van der Waals surface area contributed by atoms with Crippen molar-refractivity contribution in [3.63, 3.8) is 0 Å². The first kappa shape index (κ1) is 26.2.